The molecule has 3 aromatic rings. The van der Waals surface area contributed by atoms with Gasteiger partial charge in [-0.2, -0.15) is 0 Å². The molecule has 0 spiro atoms. The predicted octanol–water partition coefficient (Wildman–Crippen LogP) is 3.75. The van der Waals surface area contributed by atoms with Crippen molar-refractivity contribution in [1.29, 1.82) is 0 Å². The first-order chi connectivity index (χ1) is 11.1. The lowest BCUT2D eigenvalue weighted by molar-refractivity contribution is -0.120. The van der Waals surface area contributed by atoms with Gasteiger partial charge in [0.1, 0.15) is 5.76 Å². The standard InChI is InChI=1S/C19H20N2O2/c1-14(18-8-5-11-23-18)20-19(22)13-21(2)17-10-9-15-6-3-4-7-16(15)12-17/h3-12,14H,13H2,1-2H3,(H,20,22)/t14-/m0/s1. The van der Waals surface area contributed by atoms with E-state index in [1.165, 1.54) is 10.8 Å². The first-order valence-electron chi connectivity index (χ1n) is 7.66. The molecule has 0 radical (unpaired) electrons. The van der Waals surface area contributed by atoms with Gasteiger partial charge >= 0.3 is 0 Å². The molecule has 0 bridgehead atoms. The molecule has 1 N–H and O–H groups in total. The van der Waals surface area contributed by atoms with Crippen LogP contribution in [-0.4, -0.2) is 19.5 Å². The summed E-state index contributed by atoms with van der Waals surface area (Å²) in [4.78, 5) is 14.1. The van der Waals surface area contributed by atoms with Gasteiger partial charge in [0.15, 0.2) is 0 Å². The van der Waals surface area contributed by atoms with Crippen molar-refractivity contribution in [2.24, 2.45) is 0 Å². The van der Waals surface area contributed by atoms with Crippen LogP contribution >= 0.6 is 0 Å². The molecular weight excluding hydrogens is 288 g/mol. The summed E-state index contributed by atoms with van der Waals surface area (Å²) in [6.07, 6.45) is 1.61. The van der Waals surface area contributed by atoms with Crippen molar-refractivity contribution in [3.8, 4) is 0 Å². The zero-order chi connectivity index (χ0) is 16.2. The molecule has 4 nitrogen and oxygen atoms in total. The SMILES string of the molecule is C[C@H](NC(=O)CN(C)c1ccc2ccccc2c1)c1ccco1. The van der Waals surface area contributed by atoms with Crippen LogP contribution in [0.25, 0.3) is 10.8 Å². The normalized spacial score (nSPS) is 12.1. The number of carbonyl (C=O) groups is 1. The van der Waals surface area contributed by atoms with E-state index in [0.29, 0.717) is 6.54 Å². The quantitative estimate of drug-likeness (QED) is 0.781. The summed E-state index contributed by atoms with van der Waals surface area (Å²) in [5.41, 5.74) is 1.02. The first kappa shape index (κ1) is 15.2. The van der Waals surface area contributed by atoms with Gasteiger partial charge in [-0.15, -0.1) is 0 Å². The molecule has 0 aliphatic rings. The third-order valence-corrected chi connectivity index (χ3v) is 3.90. The fourth-order valence-corrected chi connectivity index (χ4v) is 2.62. The Morgan fingerprint density at radius 3 is 2.65 bits per heavy atom. The fraction of sp³-hybridized carbons (Fsp3) is 0.211. The topological polar surface area (TPSA) is 45.5 Å². The molecule has 0 saturated carbocycles. The first-order valence-corrected chi connectivity index (χ1v) is 7.66. The average Bonchev–Trinajstić information content (AvgIpc) is 3.08. The smallest absolute Gasteiger partial charge is 0.240 e. The lowest BCUT2D eigenvalue weighted by atomic mass is 10.1. The second-order valence-corrected chi connectivity index (χ2v) is 5.69. The minimum absolute atomic E-state index is 0.0374. The largest absolute Gasteiger partial charge is 0.467 e. The van der Waals surface area contributed by atoms with Gasteiger partial charge < -0.3 is 14.6 Å². The van der Waals surface area contributed by atoms with Crippen LogP contribution in [0.1, 0.15) is 18.7 Å². The summed E-state index contributed by atoms with van der Waals surface area (Å²) in [6, 6.07) is 17.9. The van der Waals surface area contributed by atoms with Crippen molar-refractivity contribution >= 4 is 22.4 Å². The molecule has 2 aromatic carbocycles. The van der Waals surface area contributed by atoms with E-state index >= 15 is 0 Å². The Bertz CT molecular complexity index is 796. The number of benzene rings is 2. The number of amides is 1. The minimum atomic E-state index is -0.137. The summed E-state index contributed by atoms with van der Waals surface area (Å²) >= 11 is 0. The summed E-state index contributed by atoms with van der Waals surface area (Å²) in [5, 5.41) is 5.31. The number of nitrogens with zero attached hydrogens (tertiary/aromatic N) is 1. The second-order valence-electron chi connectivity index (χ2n) is 5.69. The zero-order valence-corrected chi connectivity index (χ0v) is 13.3. The summed E-state index contributed by atoms with van der Waals surface area (Å²) in [6.45, 7) is 2.20. The summed E-state index contributed by atoms with van der Waals surface area (Å²) in [5.74, 6) is 0.719. The van der Waals surface area contributed by atoms with Gasteiger partial charge in [0.25, 0.3) is 0 Å². The van der Waals surface area contributed by atoms with Crippen LogP contribution in [0.4, 0.5) is 5.69 Å². The molecule has 23 heavy (non-hydrogen) atoms. The van der Waals surface area contributed by atoms with Crippen molar-refractivity contribution in [3.05, 3.63) is 66.6 Å². The average molecular weight is 308 g/mol. The fourth-order valence-electron chi connectivity index (χ4n) is 2.62. The van der Waals surface area contributed by atoms with Crippen molar-refractivity contribution in [3.63, 3.8) is 0 Å². The van der Waals surface area contributed by atoms with E-state index in [2.05, 4.69) is 29.6 Å². The van der Waals surface area contributed by atoms with Crippen LogP contribution in [0.5, 0.6) is 0 Å². The highest BCUT2D eigenvalue weighted by Crippen LogP contribution is 2.21. The van der Waals surface area contributed by atoms with Gasteiger partial charge in [0.05, 0.1) is 18.8 Å². The number of carbonyl (C=O) groups excluding carboxylic acids is 1. The van der Waals surface area contributed by atoms with E-state index in [1.54, 1.807) is 6.26 Å². The van der Waals surface area contributed by atoms with Gasteiger partial charge in [0.2, 0.25) is 5.91 Å². The number of likely N-dealkylation sites (N-methyl/N-ethyl adjacent to an activating group) is 1. The maximum Gasteiger partial charge on any atom is 0.240 e. The minimum Gasteiger partial charge on any atom is -0.467 e. The lowest BCUT2D eigenvalue weighted by Crippen LogP contribution is -2.36. The van der Waals surface area contributed by atoms with Crippen LogP contribution in [-0.2, 0) is 4.79 Å². The van der Waals surface area contributed by atoms with Gasteiger partial charge in [-0.05, 0) is 42.0 Å². The summed E-state index contributed by atoms with van der Waals surface area (Å²) < 4.78 is 5.31. The van der Waals surface area contributed by atoms with Gasteiger partial charge in [-0.3, -0.25) is 4.79 Å². The van der Waals surface area contributed by atoms with Crippen LogP contribution in [0.3, 0.4) is 0 Å². The molecule has 1 amide bonds. The summed E-state index contributed by atoms with van der Waals surface area (Å²) in [7, 11) is 1.92. The monoisotopic (exact) mass is 308 g/mol. The third-order valence-electron chi connectivity index (χ3n) is 3.90. The van der Waals surface area contributed by atoms with Crippen LogP contribution < -0.4 is 10.2 Å². The Balaban J connectivity index is 1.65. The van der Waals surface area contributed by atoms with Crippen molar-refractivity contribution in [1.82, 2.24) is 5.32 Å². The molecule has 1 aromatic heterocycles. The Morgan fingerprint density at radius 1 is 1.13 bits per heavy atom. The lowest BCUT2D eigenvalue weighted by Gasteiger charge is -2.20. The van der Waals surface area contributed by atoms with Crippen LogP contribution in [0.2, 0.25) is 0 Å². The number of rotatable bonds is 5. The molecular formula is C19H20N2O2. The Morgan fingerprint density at radius 2 is 1.91 bits per heavy atom. The highest BCUT2D eigenvalue weighted by molar-refractivity contribution is 5.87. The third kappa shape index (κ3) is 3.54. The van der Waals surface area contributed by atoms with Crippen molar-refractivity contribution < 1.29 is 9.21 Å². The molecule has 3 rings (SSSR count). The second kappa shape index (κ2) is 6.57. The Labute approximate surface area is 135 Å². The predicted molar refractivity (Wildman–Crippen MR) is 92.5 cm³/mol. The highest BCUT2D eigenvalue weighted by Gasteiger charge is 2.13. The van der Waals surface area contributed by atoms with Crippen molar-refractivity contribution in [2.75, 3.05) is 18.5 Å². The van der Waals surface area contributed by atoms with Crippen molar-refractivity contribution in [2.45, 2.75) is 13.0 Å². The van der Waals surface area contributed by atoms with E-state index in [9.17, 15) is 4.79 Å². The Kier molecular flexibility index (Phi) is 4.33. The number of furan rings is 1. The molecule has 0 unspecified atom stereocenters. The molecule has 0 aliphatic carbocycles. The van der Waals surface area contributed by atoms with Crippen LogP contribution in [0.15, 0.2) is 65.3 Å². The van der Waals surface area contributed by atoms with E-state index in [0.717, 1.165) is 11.4 Å². The van der Waals surface area contributed by atoms with E-state index < -0.39 is 0 Å². The number of hydrogen-bond donors (Lipinski definition) is 1. The zero-order valence-electron chi connectivity index (χ0n) is 13.3. The molecule has 1 atom stereocenters. The van der Waals surface area contributed by atoms with Gasteiger partial charge in [-0.25, -0.2) is 0 Å². The molecule has 1 heterocycles. The van der Waals surface area contributed by atoms with Crippen LogP contribution in [0, 0.1) is 0 Å². The van der Waals surface area contributed by atoms with E-state index in [4.69, 9.17) is 4.42 Å². The van der Waals surface area contributed by atoms with Gasteiger partial charge in [-0.1, -0.05) is 30.3 Å². The van der Waals surface area contributed by atoms with Gasteiger partial charge in [0, 0.05) is 12.7 Å². The number of nitrogens with one attached hydrogen (secondary N) is 1. The number of hydrogen-bond acceptors (Lipinski definition) is 3. The van der Waals surface area contributed by atoms with E-state index in [1.807, 2.05) is 49.2 Å². The number of fused-ring (bicyclic) bond motifs is 1. The number of anilines is 1. The Hall–Kier alpha value is -2.75. The molecule has 4 heteroatoms. The molecule has 0 aliphatic heterocycles. The molecule has 0 fully saturated rings. The molecule has 118 valence electrons. The molecule has 0 saturated heterocycles. The maximum absolute atomic E-state index is 12.2. The van der Waals surface area contributed by atoms with E-state index in [-0.39, 0.29) is 11.9 Å². The maximum atomic E-state index is 12.2. The highest BCUT2D eigenvalue weighted by atomic mass is 16.3.